The van der Waals surface area contributed by atoms with Gasteiger partial charge >= 0.3 is 6.18 Å². The predicted octanol–water partition coefficient (Wildman–Crippen LogP) is 3.92. The molecular weight excluding hydrogens is 427 g/mol. The lowest BCUT2D eigenvalue weighted by Crippen LogP contribution is -2.57. The van der Waals surface area contributed by atoms with Gasteiger partial charge in [0.1, 0.15) is 16.8 Å². The Balaban J connectivity index is 3.14. The predicted molar refractivity (Wildman–Crippen MR) is 114 cm³/mol. The Labute approximate surface area is 187 Å². The number of pyridine rings is 1. The number of nitrogens with one attached hydrogen (secondary N) is 1. The zero-order valence-corrected chi connectivity index (χ0v) is 19.6. The second-order valence-electron chi connectivity index (χ2n) is 7.89. The summed E-state index contributed by atoms with van der Waals surface area (Å²) in [5.41, 5.74) is -2.50. The van der Waals surface area contributed by atoms with Crippen LogP contribution in [0.4, 0.5) is 13.2 Å². The molecule has 0 aliphatic heterocycles. The van der Waals surface area contributed by atoms with Crippen molar-refractivity contribution in [2.75, 3.05) is 33.9 Å². The van der Waals surface area contributed by atoms with Crippen LogP contribution in [0.5, 0.6) is 5.88 Å². The molecule has 0 saturated carbocycles. The lowest BCUT2D eigenvalue weighted by molar-refractivity contribution is -0.139. The van der Waals surface area contributed by atoms with Gasteiger partial charge in [0.25, 0.3) is 5.91 Å². The van der Waals surface area contributed by atoms with Crippen LogP contribution in [0.1, 0.15) is 63.0 Å². The highest BCUT2D eigenvalue weighted by Gasteiger charge is 2.39. The Kier molecular flexibility index (Phi) is 10.4. The minimum absolute atomic E-state index is 0.0127. The maximum atomic E-state index is 13.4. The van der Waals surface area contributed by atoms with Crippen LogP contribution in [-0.4, -0.2) is 61.2 Å². The maximum Gasteiger partial charge on any atom is 0.421 e. The molecule has 1 heterocycles. The number of carbonyl (C=O) groups is 2. The van der Waals surface area contributed by atoms with Crippen LogP contribution in [-0.2, 0) is 15.7 Å². The summed E-state index contributed by atoms with van der Waals surface area (Å²) in [7, 11) is 3.15. The first-order valence-corrected chi connectivity index (χ1v) is 10.7. The molecule has 1 unspecified atom stereocenters. The summed E-state index contributed by atoms with van der Waals surface area (Å²) >= 11 is 0. The van der Waals surface area contributed by atoms with E-state index < -0.39 is 29.1 Å². The SMILES string of the molecule is CCOCCC(C)COc1nc(C(=O)NC(CC)(CC)C(=O)N(C)C)ccc1C(F)(F)F. The van der Waals surface area contributed by atoms with Gasteiger partial charge in [0.05, 0.1) is 6.61 Å². The van der Waals surface area contributed by atoms with E-state index in [1.807, 2.05) is 13.8 Å². The Morgan fingerprint density at radius 1 is 1.16 bits per heavy atom. The van der Waals surface area contributed by atoms with Crippen molar-refractivity contribution in [2.24, 2.45) is 5.92 Å². The van der Waals surface area contributed by atoms with Gasteiger partial charge < -0.3 is 19.7 Å². The number of hydrogen-bond acceptors (Lipinski definition) is 5. The highest BCUT2D eigenvalue weighted by Crippen LogP contribution is 2.35. The third-order valence-electron chi connectivity index (χ3n) is 5.24. The number of likely N-dealkylation sites (N-methyl/N-ethyl adjacent to an activating group) is 1. The zero-order valence-electron chi connectivity index (χ0n) is 19.6. The molecule has 1 atom stereocenters. The third-order valence-corrected chi connectivity index (χ3v) is 5.24. The summed E-state index contributed by atoms with van der Waals surface area (Å²) in [6, 6.07) is 1.76. The molecule has 0 aliphatic rings. The van der Waals surface area contributed by atoms with E-state index in [9.17, 15) is 22.8 Å². The average molecular weight is 462 g/mol. The van der Waals surface area contributed by atoms with Gasteiger partial charge in [-0.3, -0.25) is 9.59 Å². The van der Waals surface area contributed by atoms with Crippen LogP contribution < -0.4 is 10.1 Å². The van der Waals surface area contributed by atoms with Gasteiger partial charge in [-0.15, -0.1) is 0 Å². The largest absolute Gasteiger partial charge is 0.477 e. The lowest BCUT2D eigenvalue weighted by atomic mass is 9.90. The molecule has 1 aromatic rings. The number of halogens is 3. The Morgan fingerprint density at radius 3 is 2.28 bits per heavy atom. The van der Waals surface area contributed by atoms with Crippen LogP contribution in [0.3, 0.4) is 0 Å². The Bertz CT molecular complexity index is 765. The molecule has 7 nitrogen and oxygen atoms in total. The standard InChI is InChI=1S/C22H34F3N3O4/c1-7-21(8-2,20(30)28(5)6)27-18(29)17-11-10-16(22(23,24)25)19(26-17)32-14-15(4)12-13-31-9-3/h10-11,15H,7-9,12-14H2,1-6H3,(H,27,29). The van der Waals surface area contributed by atoms with Crippen molar-refractivity contribution in [2.45, 2.75) is 58.7 Å². The van der Waals surface area contributed by atoms with Gasteiger partial charge in [-0.05, 0) is 44.2 Å². The van der Waals surface area contributed by atoms with Gasteiger partial charge in [-0.25, -0.2) is 4.98 Å². The monoisotopic (exact) mass is 461 g/mol. The van der Waals surface area contributed by atoms with Crippen molar-refractivity contribution in [1.29, 1.82) is 0 Å². The molecule has 2 amide bonds. The molecule has 0 radical (unpaired) electrons. The van der Waals surface area contributed by atoms with E-state index in [-0.39, 0.29) is 24.1 Å². The van der Waals surface area contributed by atoms with E-state index in [2.05, 4.69) is 10.3 Å². The zero-order chi connectivity index (χ0) is 24.5. The highest BCUT2D eigenvalue weighted by atomic mass is 19.4. The molecule has 32 heavy (non-hydrogen) atoms. The minimum Gasteiger partial charge on any atom is -0.477 e. The number of ether oxygens (including phenoxy) is 2. The van der Waals surface area contributed by atoms with Gasteiger partial charge in [-0.1, -0.05) is 20.8 Å². The number of carbonyl (C=O) groups excluding carboxylic acids is 2. The van der Waals surface area contributed by atoms with Crippen LogP contribution >= 0.6 is 0 Å². The first-order valence-electron chi connectivity index (χ1n) is 10.7. The summed E-state index contributed by atoms with van der Waals surface area (Å²) in [6.07, 6.45) is -3.46. The first-order chi connectivity index (χ1) is 14.9. The van der Waals surface area contributed by atoms with Crippen molar-refractivity contribution in [3.8, 4) is 5.88 Å². The van der Waals surface area contributed by atoms with Gasteiger partial charge in [0, 0.05) is 27.3 Å². The lowest BCUT2D eigenvalue weighted by Gasteiger charge is -2.33. The van der Waals surface area contributed by atoms with Crippen LogP contribution in [0.25, 0.3) is 0 Å². The molecule has 0 saturated heterocycles. The number of hydrogen-bond donors (Lipinski definition) is 1. The quantitative estimate of drug-likeness (QED) is 0.477. The fraction of sp³-hybridized carbons (Fsp3) is 0.682. The molecule has 0 aromatic carbocycles. The molecule has 1 rings (SSSR count). The molecule has 10 heteroatoms. The smallest absolute Gasteiger partial charge is 0.421 e. The molecule has 1 aromatic heterocycles. The van der Waals surface area contributed by atoms with Crippen molar-refractivity contribution in [3.63, 3.8) is 0 Å². The minimum atomic E-state index is -4.69. The van der Waals surface area contributed by atoms with E-state index >= 15 is 0 Å². The third kappa shape index (κ3) is 7.36. The van der Waals surface area contributed by atoms with E-state index in [1.54, 1.807) is 27.9 Å². The molecule has 0 aliphatic carbocycles. The number of alkyl halides is 3. The van der Waals surface area contributed by atoms with Crippen LogP contribution in [0.2, 0.25) is 0 Å². The van der Waals surface area contributed by atoms with Crippen molar-refractivity contribution >= 4 is 11.8 Å². The summed E-state index contributed by atoms with van der Waals surface area (Å²) in [4.78, 5) is 30.7. The topological polar surface area (TPSA) is 80.8 Å². The fourth-order valence-corrected chi connectivity index (χ4v) is 3.12. The molecular formula is C22H34F3N3O4. The van der Waals surface area contributed by atoms with Crippen molar-refractivity contribution in [1.82, 2.24) is 15.2 Å². The van der Waals surface area contributed by atoms with E-state index in [1.165, 1.54) is 4.90 Å². The summed E-state index contributed by atoms with van der Waals surface area (Å²) in [6.45, 7) is 8.20. The van der Waals surface area contributed by atoms with Gasteiger partial charge in [0.15, 0.2) is 0 Å². The van der Waals surface area contributed by atoms with Crippen molar-refractivity contribution in [3.05, 3.63) is 23.4 Å². The molecule has 0 bridgehead atoms. The summed E-state index contributed by atoms with van der Waals surface area (Å²) in [5, 5.41) is 2.67. The van der Waals surface area contributed by atoms with E-state index in [0.717, 1.165) is 12.1 Å². The number of nitrogens with zero attached hydrogens (tertiary/aromatic N) is 2. The molecule has 182 valence electrons. The number of rotatable bonds is 12. The van der Waals surface area contributed by atoms with E-state index in [0.29, 0.717) is 32.5 Å². The second-order valence-corrected chi connectivity index (χ2v) is 7.89. The number of aromatic nitrogens is 1. The summed E-state index contributed by atoms with van der Waals surface area (Å²) < 4.78 is 50.9. The van der Waals surface area contributed by atoms with Crippen molar-refractivity contribution < 1.29 is 32.2 Å². The number of amides is 2. The molecule has 0 fully saturated rings. The van der Waals surface area contributed by atoms with Crippen LogP contribution in [0, 0.1) is 5.92 Å². The molecule has 1 N–H and O–H groups in total. The average Bonchev–Trinajstić information content (AvgIpc) is 2.74. The normalized spacial score (nSPS) is 12.9. The maximum absolute atomic E-state index is 13.4. The first kappa shape index (κ1) is 27.7. The van der Waals surface area contributed by atoms with Gasteiger partial charge in [0.2, 0.25) is 11.8 Å². The Morgan fingerprint density at radius 2 is 1.78 bits per heavy atom. The Hall–Kier alpha value is -2.36. The fourth-order valence-electron chi connectivity index (χ4n) is 3.12. The highest BCUT2D eigenvalue weighted by molar-refractivity contribution is 5.98. The van der Waals surface area contributed by atoms with Gasteiger partial charge in [-0.2, -0.15) is 13.2 Å². The summed E-state index contributed by atoms with van der Waals surface area (Å²) in [5.74, 6) is -1.78. The van der Waals surface area contributed by atoms with E-state index in [4.69, 9.17) is 9.47 Å². The molecule has 0 spiro atoms. The van der Waals surface area contributed by atoms with Crippen LogP contribution in [0.15, 0.2) is 12.1 Å². The second kappa shape index (κ2) is 12.0.